The summed E-state index contributed by atoms with van der Waals surface area (Å²) in [5, 5.41) is 1.26. The number of rotatable bonds is 2. The zero-order valence-electron chi connectivity index (χ0n) is 7.22. The summed E-state index contributed by atoms with van der Waals surface area (Å²) in [4.78, 5) is 3.38. The highest BCUT2D eigenvalue weighted by Crippen LogP contribution is 2.14. The molecule has 1 radical (unpaired) electrons. The standard InChI is InChI=1S/C11H12N/c1-2-5-10-8-9-6-3-4-7-11(9)12-10/h4,6-8,12H,2,5H2,1H3. The Morgan fingerprint density at radius 2 is 2.42 bits per heavy atom. The van der Waals surface area contributed by atoms with Crippen molar-refractivity contribution in [3.05, 3.63) is 36.0 Å². The second-order valence-electron chi connectivity index (χ2n) is 3.06. The lowest BCUT2D eigenvalue weighted by atomic mass is 10.2. The predicted octanol–water partition coefficient (Wildman–Crippen LogP) is 2.92. The summed E-state index contributed by atoms with van der Waals surface area (Å²) in [5.41, 5.74) is 2.55. The van der Waals surface area contributed by atoms with E-state index in [0.717, 1.165) is 6.42 Å². The van der Waals surface area contributed by atoms with Gasteiger partial charge in [-0.3, -0.25) is 0 Å². The second-order valence-corrected chi connectivity index (χ2v) is 3.06. The maximum atomic E-state index is 3.38. The van der Waals surface area contributed by atoms with Crippen molar-refractivity contribution in [2.45, 2.75) is 19.8 Å². The lowest BCUT2D eigenvalue weighted by molar-refractivity contribution is 0.896. The Labute approximate surface area is 72.4 Å². The number of aromatic nitrogens is 1. The number of nitrogens with one attached hydrogen (secondary N) is 1. The summed E-state index contributed by atoms with van der Waals surface area (Å²) in [6, 6.07) is 11.3. The highest BCUT2D eigenvalue weighted by atomic mass is 14.7. The van der Waals surface area contributed by atoms with E-state index in [0.29, 0.717) is 0 Å². The molecule has 0 amide bonds. The molecule has 1 aromatic heterocycles. The van der Waals surface area contributed by atoms with Gasteiger partial charge >= 0.3 is 0 Å². The number of aryl methyl sites for hydroxylation is 1. The molecule has 12 heavy (non-hydrogen) atoms. The van der Waals surface area contributed by atoms with Gasteiger partial charge in [-0.05, 0) is 30.7 Å². The first-order valence-corrected chi connectivity index (χ1v) is 4.38. The molecule has 1 heteroatoms. The van der Waals surface area contributed by atoms with Gasteiger partial charge in [0.1, 0.15) is 0 Å². The van der Waals surface area contributed by atoms with Gasteiger partial charge in [0, 0.05) is 16.6 Å². The Morgan fingerprint density at radius 1 is 1.50 bits per heavy atom. The van der Waals surface area contributed by atoms with Gasteiger partial charge in [0.05, 0.1) is 0 Å². The fourth-order valence-electron chi connectivity index (χ4n) is 1.48. The molecule has 0 aliphatic rings. The molecule has 0 fully saturated rings. The summed E-state index contributed by atoms with van der Waals surface area (Å²) in [6.07, 6.45) is 2.32. The third-order valence-electron chi connectivity index (χ3n) is 2.04. The lowest BCUT2D eigenvalue weighted by Gasteiger charge is -1.88. The number of benzene rings is 1. The van der Waals surface area contributed by atoms with Gasteiger partial charge in [-0.2, -0.15) is 0 Å². The van der Waals surface area contributed by atoms with Crippen molar-refractivity contribution in [2.75, 3.05) is 0 Å². The van der Waals surface area contributed by atoms with Crippen LogP contribution in [0.1, 0.15) is 19.0 Å². The van der Waals surface area contributed by atoms with Crippen LogP contribution in [0.25, 0.3) is 10.9 Å². The summed E-state index contributed by atoms with van der Waals surface area (Å²) in [5.74, 6) is 0. The molecule has 1 heterocycles. The fraction of sp³-hybridized carbons (Fsp3) is 0.273. The second kappa shape index (κ2) is 3.02. The third-order valence-corrected chi connectivity index (χ3v) is 2.04. The van der Waals surface area contributed by atoms with Gasteiger partial charge in [0.2, 0.25) is 0 Å². The van der Waals surface area contributed by atoms with E-state index in [2.05, 4.69) is 30.1 Å². The summed E-state index contributed by atoms with van der Waals surface area (Å²) in [7, 11) is 0. The van der Waals surface area contributed by atoms with Crippen LogP contribution in [0.5, 0.6) is 0 Å². The Morgan fingerprint density at radius 3 is 3.17 bits per heavy atom. The summed E-state index contributed by atoms with van der Waals surface area (Å²) in [6.45, 7) is 2.19. The molecule has 0 aliphatic heterocycles. The monoisotopic (exact) mass is 158 g/mol. The molecule has 0 saturated heterocycles. The fourth-order valence-corrected chi connectivity index (χ4v) is 1.48. The topological polar surface area (TPSA) is 15.8 Å². The first-order valence-electron chi connectivity index (χ1n) is 4.38. The van der Waals surface area contributed by atoms with Crippen molar-refractivity contribution in [1.29, 1.82) is 0 Å². The first-order chi connectivity index (χ1) is 5.90. The quantitative estimate of drug-likeness (QED) is 0.691. The lowest BCUT2D eigenvalue weighted by Crippen LogP contribution is -1.79. The summed E-state index contributed by atoms with van der Waals surface area (Å²) < 4.78 is 0. The van der Waals surface area contributed by atoms with E-state index in [4.69, 9.17) is 0 Å². The van der Waals surface area contributed by atoms with Crippen molar-refractivity contribution >= 4 is 10.9 Å². The van der Waals surface area contributed by atoms with Crippen LogP contribution in [0.15, 0.2) is 24.3 Å². The molecule has 0 aliphatic carbocycles. The van der Waals surface area contributed by atoms with Crippen LogP contribution in [0.3, 0.4) is 0 Å². The molecule has 0 unspecified atom stereocenters. The van der Waals surface area contributed by atoms with E-state index < -0.39 is 0 Å². The van der Waals surface area contributed by atoms with Crippen molar-refractivity contribution in [3.63, 3.8) is 0 Å². The zero-order chi connectivity index (χ0) is 8.39. The predicted molar refractivity (Wildman–Crippen MR) is 51.1 cm³/mol. The van der Waals surface area contributed by atoms with E-state index >= 15 is 0 Å². The average Bonchev–Trinajstić information content (AvgIpc) is 2.47. The largest absolute Gasteiger partial charge is 0.358 e. The molecule has 0 saturated carbocycles. The molecule has 0 spiro atoms. The van der Waals surface area contributed by atoms with Crippen molar-refractivity contribution in [2.24, 2.45) is 0 Å². The Kier molecular flexibility index (Phi) is 1.86. The van der Waals surface area contributed by atoms with Crippen LogP contribution >= 0.6 is 0 Å². The molecular formula is C11H12N. The molecule has 2 rings (SSSR count). The molecule has 1 aromatic carbocycles. The van der Waals surface area contributed by atoms with Crippen LogP contribution < -0.4 is 0 Å². The summed E-state index contributed by atoms with van der Waals surface area (Å²) >= 11 is 0. The molecule has 0 atom stereocenters. The van der Waals surface area contributed by atoms with Crippen LogP contribution in [-0.4, -0.2) is 4.98 Å². The van der Waals surface area contributed by atoms with Gasteiger partial charge in [-0.15, -0.1) is 0 Å². The van der Waals surface area contributed by atoms with E-state index in [1.54, 1.807) is 0 Å². The number of aromatic amines is 1. The van der Waals surface area contributed by atoms with E-state index in [-0.39, 0.29) is 0 Å². The number of fused-ring (bicyclic) bond motifs is 1. The highest BCUT2D eigenvalue weighted by molar-refractivity contribution is 5.79. The average molecular weight is 158 g/mol. The van der Waals surface area contributed by atoms with Crippen LogP contribution in [0.2, 0.25) is 0 Å². The minimum absolute atomic E-state index is 1.13. The van der Waals surface area contributed by atoms with Crippen LogP contribution in [0.4, 0.5) is 0 Å². The van der Waals surface area contributed by atoms with Crippen molar-refractivity contribution in [3.8, 4) is 0 Å². The minimum atomic E-state index is 1.13. The maximum absolute atomic E-state index is 3.38. The maximum Gasteiger partial charge on any atom is 0.0456 e. The van der Waals surface area contributed by atoms with E-state index in [1.807, 2.05) is 12.1 Å². The first kappa shape index (κ1) is 7.41. The number of hydrogen-bond acceptors (Lipinski definition) is 0. The molecular weight excluding hydrogens is 146 g/mol. The number of H-pyrrole nitrogens is 1. The van der Waals surface area contributed by atoms with E-state index in [1.165, 1.54) is 23.0 Å². The SMILES string of the molecule is CCCc1cc2c[c]ccc2[nH]1. The Hall–Kier alpha value is -1.24. The zero-order valence-corrected chi connectivity index (χ0v) is 7.22. The van der Waals surface area contributed by atoms with E-state index in [9.17, 15) is 0 Å². The molecule has 0 bridgehead atoms. The van der Waals surface area contributed by atoms with Crippen molar-refractivity contribution < 1.29 is 0 Å². The highest BCUT2D eigenvalue weighted by Gasteiger charge is 1.97. The molecule has 1 N–H and O–H groups in total. The van der Waals surface area contributed by atoms with Gasteiger partial charge in [0.25, 0.3) is 0 Å². The van der Waals surface area contributed by atoms with Gasteiger partial charge < -0.3 is 4.98 Å². The van der Waals surface area contributed by atoms with Crippen LogP contribution in [-0.2, 0) is 6.42 Å². The van der Waals surface area contributed by atoms with Gasteiger partial charge in [-0.1, -0.05) is 19.4 Å². The third kappa shape index (κ3) is 1.22. The molecule has 61 valence electrons. The van der Waals surface area contributed by atoms with Crippen LogP contribution in [0, 0.1) is 6.07 Å². The minimum Gasteiger partial charge on any atom is -0.358 e. The molecule has 2 aromatic rings. The smallest absolute Gasteiger partial charge is 0.0456 e. The number of hydrogen-bond donors (Lipinski definition) is 1. The Balaban J connectivity index is 2.47. The van der Waals surface area contributed by atoms with Crippen molar-refractivity contribution in [1.82, 2.24) is 4.98 Å². The van der Waals surface area contributed by atoms with Gasteiger partial charge in [0.15, 0.2) is 0 Å². The molecule has 1 nitrogen and oxygen atoms in total. The Bertz CT molecular complexity index is 340. The normalized spacial score (nSPS) is 10.8. The van der Waals surface area contributed by atoms with Gasteiger partial charge in [-0.25, -0.2) is 0 Å².